The molecule has 0 spiro atoms. The largest absolute Gasteiger partial charge is 0.385 e. The Kier molecular flexibility index (Phi) is 4.96. The van der Waals surface area contributed by atoms with Crippen LogP contribution in [0.2, 0.25) is 0 Å². The Balaban J connectivity index is 2.94. The van der Waals surface area contributed by atoms with Crippen LogP contribution in [0.4, 0.5) is 0 Å². The molecule has 0 amide bonds. The summed E-state index contributed by atoms with van der Waals surface area (Å²) >= 11 is 1.65. The van der Waals surface area contributed by atoms with Gasteiger partial charge in [0.05, 0.1) is 5.60 Å². The molecule has 1 atom stereocenters. The molecular formula is C13H22O2S. The molecule has 0 aromatic carbocycles. The van der Waals surface area contributed by atoms with Crippen molar-refractivity contribution in [1.29, 1.82) is 0 Å². The van der Waals surface area contributed by atoms with Gasteiger partial charge in [-0.15, -0.1) is 11.3 Å². The standard InChI is InChI=1S/C13H22O2S/c1-5-13(6-2,15-7-3)12(14)11-9-8-10(4)16-11/h8-9,12,14H,5-7H2,1-4H3. The van der Waals surface area contributed by atoms with Crippen molar-refractivity contribution >= 4 is 11.3 Å². The van der Waals surface area contributed by atoms with Crippen LogP contribution in [0.3, 0.4) is 0 Å². The average molecular weight is 242 g/mol. The molecule has 0 bridgehead atoms. The minimum absolute atomic E-state index is 0.425. The third kappa shape index (κ3) is 2.65. The van der Waals surface area contributed by atoms with Crippen LogP contribution < -0.4 is 0 Å². The number of hydrogen-bond donors (Lipinski definition) is 1. The summed E-state index contributed by atoms with van der Waals surface area (Å²) in [7, 11) is 0. The highest BCUT2D eigenvalue weighted by atomic mass is 32.1. The highest BCUT2D eigenvalue weighted by Gasteiger charge is 2.36. The Morgan fingerprint density at radius 2 is 1.94 bits per heavy atom. The van der Waals surface area contributed by atoms with E-state index < -0.39 is 11.7 Å². The van der Waals surface area contributed by atoms with Crippen molar-refractivity contribution in [2.24, 2.45) is 0 Å². The smallest absolute Gasteiger partial charge is 0.117 e. The molecule has 1 N–H and O–H groups in total. The van der Waals surface area contributed by atoms with E-state index in [1.165, 1.54) is 4.88 Å². The van der Waals surface area contributed by atoms with E-state index in [0.717, 1.165) is 17.7 Å². The SMILES string of the molecule is CCOC(CC)(CC)C(O)c1ccc(C)s1. The Morgan fingerprint density at radius 1 is 1.31 bits per heavy atom. The highest BCUT2D eigenvalue weighted by Crippen LogP contribution is 2.38. The summed E-state index contributed by atoms with van der Waals surface area (Å²) in [5.41, 5.74) is -0.425. The summed E-state index contributed by atoms with van der Waals surface area (Å²) in [5.74, 6) is 0. The molecule has 0 saturated heterocycles. The average Bonchev–Trinajstić information content (AvgIpc) is 2.72. The molecule has 1 heterocycles. The number of aliphatic hydroxyl groups excluding tert-OH is 1. The minimum atomic E-state index is -0.513. The second-order valence-corrected chi connectivity index (χ2v) is 5.38. The topological polar surface area (TPSA) is 29.5 Å². The zero-order valence-electron chi connectivity index (χ0n) is 10.6. The number of thiophene rings is 1. The second kappa shape index (κ2) is 5.80. The molecule has 92 valence electrons. The van der Waals surface area contributed by atoms with Crippen molar-refractivity contribution in [3.05, 3.63) is 21.9 Å². The van der Waals surface area contributed by atoms with Crippen LogP contribution in [0.5, 0.6) is 0 Å². The molecule has 1 unspecified atom stereocenters. The molecule has 0 fully saturated rings. The van der Waals surface area contributed by atoms with Crippen LogP contribution in [0, 0.1) is 6.92 Å². The summed E-state index contributed by atoms with van der Waals surface area (Å²) in [6, 6.07) is 4.05. The van der Waals surface area contributed by atoms with Gasteiger partial charge in [0.25, 0.3) is 0 Å². The van der Waals surface area contributed by atoms with E-state index in [0.29, 0.717) is 6.61 Å². The van der Waals surface area contributed by atoms with Crippen molar-refractivity contribution in [3.63, 3.8) is 0 Å². The highest BCUT2D eigenvalue weighted by molar-refractivity contribution is 7.12. The summed E-state index contributed by atoms with van der Waals surface area (Å²) in [4.78, 5) is 2.24. The van der Waals surface area contributed by atoms with E-state index in [2.05, 4.69) is 20.8 Å². The molecule has 0 aliphatic rings. The van der Waals surface area contributed by atoms with Gasteiger partial charge in [0.15, 0.2) is 0 Å². The Morgan fingerprint density at radius 3 is 2.31 bits per heavy atom. The molecule has 0 aliphatic heterocycles. The third-order valence-corrected chi connectivity index (χ3v) is 4.21. The molecule has 0 aliphatic carbocycles. The van der Waals surface area contributed by atoms with E-state index in [-0.39, 0.29) is 0 Å². The van der Waals surface area contributed by atoms with E-state index in [1.54, 1.807) is 11.3 Å². The zero-order chi connectivity index (χ0) is 12.2. The second-order valence-electron chi connectivity index (χ2n) is 4.06. The molecule has 0 saturated carbocycles. The lowest BCUT2D eigenvalue weighted by atomic mass is 9.89. The Bertz CT molecular complexity index is 315. The van der Waals surface area contributed by atoms with Gasteiger partial charge < -0.3 is 9.84 Å². The third-order valence-electron chi connectivity index (χ3n) is 3.16. The first kappa shape index (κ1) is 13.7. The minimum Gasteiger partial charge on any atom is -0.385 e. The Labute approximate surface area is 102 Å². The van der Waals surface area contributed by atoms with Gasteiger partial charge in [-0.25, -0.2) is 0 Å². The van der Waals surface area contributed by atoms with Crippen molar-refractivity contribution in [2.45, 2.75) is 52.2 Å². The van der Waals surface area contributed by atoms with Gasteiger partial charge in [-0.3, -0.25) is 0 Å². The predicted octanol–water partition coefficient (Wildman–Crippen LogP) is 3.69. The predicted molar refractivity (Wildman–Crippen MR) is 69.0 cm³/mol. The number of aryl methyl sites for hydroxylation is 1. The van der Waals surface area contributed by atoms with Gasteiger partial charge in [0, 0.05) is 16.4 Å². The van der Waals surface area contributed by atoms with Crippen molar-refractivity contribution in [2.75, 3.05) is 6.61 Å². The molecule has 0 radical (unpaired) electrons. The number of hydrogen-bond acceptors (Lipinski definition) is 3. The molecular weight excluding hydrogens is 220 g/mol. The normalized spacial score (nSPS) is 14.1. The molecule has 1 rings (SSSR count). The van der Waals surface area contributed by atoms with E-state index in [1.807, 2.05) is 19.1 Å². The molecule has 1 aromatic heterocycles. The lowest BCUT2D eigenvalue weighted by Crippen LogP contribution is -2.38. The fraction of sp³-hybridized carbons (Fsp3) is 0.692. The van der Waals surface area contributed by atoms with Gasteiger partial charge in [0.2, 0.25) is 0 Å². The molecule has 1 aromatic rings. The summed E-state index contributed by atoms with van der Waals surface area (Å²) in [6.07, 6.45) is 1.14. The lowest BCUT2D eigenvalue weighted by molar-refractivity contribution is -0.126. The lowest BCUT2D eigenvalue weighted by Gasteiger charge is -2.35. The van der Waals surface area contributed by atoms with Crippen LogP contribution >= 0.6 is 11.3 Å². The fourth-order valence-corrected chi connectivity index (χ4v) is 3.04. The first-order valence-corrected chi connectivity index (χ1v) is 6.79. The van der Waals surface area contributed by atoms with E-state index in [4.69, 9.17) is 4.74 Å². The first-order chi connectivity index (χ1) is 7.59. The van der Waals surface area contributed by atoms with Gasteiger partial charge in [0.1, 0.15) is 6.10 Å². The van der Waals surface area contributed by atoms with Crippen LogP contribution in [0.1, 0.15) is 49.5 Å². The van der Waals surface area contributed by atoms with E-state index >= 15 is 0 Å². The van der Waals surface area contributed by atoms with Crippen molar-refractivity contribution < 1.29 is 9.84 Å². The maximum atomic E-state index is 10.5. The molecule has 16 heavy (non-hydrogen) atoms. The first-order valence-electron chi connectivity index (χ1n) is 5.98. The maximum absolute atomic E-state index is 10.5. The summed E-state index contributed by atoms with van der Waals surface area (Å²) in [6.45, 7) is 8.82. The summed E-state index contributed by atoms with van der Waals surface area (Å²) < 4.78 is 5.81. The molecule has 2 nitrogen and oxygen atoms in total. The van der Waals surface area contributed by atoms with Crippen LogP contribution in [-0.4, -0.2) is 17.3 Å². The number of rotatable bonds is 6. The zero-order valence-corrected chi connectivity index (χ0v) is 11.4. The quantitative estimate of drug-likeness (QED) is 0.824. The van der Waals surface area contributed by atoms with Gasteiger partial charge in [-0.2, -0.15) is 0 Å². The summed E-state index contributed by atoms with van der Waals surface area (Å²) in [5, 5.41) is 10.5. The van der Waals surface area contributed by atoms with Gasteiger partial charge >= 0.3 is 0 Å². The van der Waals surface area contributed by atoms with Crippen molar-refractivity contribution in [3.8, 4) is 0 Å². The van der Waals surface area contributed by atoms with Crippen LogP contribution in [0.25, 0.3) is 0 Å². The van der Waals surface area contributed by atoms with E-state index in [9.17, 15) is 5.11 Å². The van der Waals surface area contributed by atoms with Gasteiger partial charge in [-0.1, -0.05) is 13.8 Å². The molecule has 3 heteroatoms. The van der Waals surface area contributed by atoms with Gasteiger partial charge in [-0.05, 0) is 38.8 Å². The van der Waals surface area contributed by atoms with Crippen LogP contribution in [-0.2, 0) is 4.74 Å². The maximum Gasteiger partial charge on any atom is 0.117 e. The Hall–Kier alpha value is -0.380. The fourth-order valence-electron chi connectivity index (χ4n) is 2.07. The van der Waals surface area contributed by atoms with Crippen LogP contribution in [0.15, 0.2) is 12.1 Å². The monoisotopic (exact) mass is 242 g/mol. The number of ether oxygens (including phenoxy) is 1. The number of aliphatic hydroxyl groups is 1. The van der Waals surface area contributed by atoms with Crippen molar-refractivity contribution in [1.82, 2.24) is 0 Å².